The summed E-state index contributed by atoms with van der Waals surface area (Å²) >= 11 is 0. The van der Waals surface area contributed by atoms with E-state index >= 15 is 0 Å². The number of hydrogen-bond acceptors (Lipinski definition) is 3. The monoisotopic (exact) mass is 450 g/mol. The van der Waals surface area contributed by atoms with E-state index in [4.69, 9.17) is 11.5 Å². The van der Waals surface area contributed by atoms with Gasteiger partial charge in [-0.15, -0.1) is 0 Å². The molecule has 2 aliphatic rings. The minimum absolute atomic E-state index is 0.133. The third-order valence-corrected chi connectivity index (χ3v) is 9.33. The van der Waals surface area contributed by atoms with Gasteiger partial charge in [0.1, 0.15) is 0 Å². The zero-order chi connectivity index (χ0) is 23.5. The Kier molecular flexibility index (Phi) is 12.6. The maximum Gasteiger partial charge on any atom is 0.0727 e. The number of unbranched alkanes of at least 4 members (excludes halogenated alkanes) is 2. The topological polar surface area (TPSA) is 72.3 Å². The summed E-state index contributed by atoms with van der Waals surface area (Å²) in [6.07, 6.45) is 24.0. The summed E-state index contributed by atoms with van der Waals surface area (Å²) < 4.78 is 0. The summed E-state index contributed by atoms with van der Waals surface area (Å²) in [5.74, 6) is 1.54. The second-order valence-electron chi connectivity index (χ2n) is 11.9. The lowest BCUT2D eigenvalue weighted by molar-refractivity contribution is -0.0586. The third-order valence-electron chi connectivity index (χ3n) is 9.33. The molecule has 2 rings (SSSR count). The molecule has 3 unspecified atom stereocenters. The molecule has 0 saturated heterocycles. The van der Waals surface area contributed by atoms with E-state index in [2.05, 4.69) is 20.8 Å². The van der Waals surface area contributed by atoms with Gasteiger partial charge in [0.15, 0.2) is 0 Å². The minimum atomic E-state index is -0.671. The Hall–Kier alpha value is -0.120. The fourth-order valence-corrected chi connectivity index (χ4v) is 7.35. The molecule has 3 atom stereocenters. The van der Waals surface area contributed by atoms with Gasteiger partial charge in [0, 0.05) is 5.41 Å². The predicted octanol–water partition coefficient (Wildman–Crippen LogP) is 7.68. The Balaban J connectivity index is 2.35. The first-order valence-electron chi connectivity index (χ1n) is 14.6. The molecule has 2 aliphatic carbocycles. The zero-order valence-corrected chi connectivity index (χ0v) is 22.1. The molecule has 2 saturated carbocycles. The van der Waals surface area contributed by atoms with Gasteiger partial charge in [-0.2, -0.15) is 0 Å². The van der Waals surface area contributed by atoms with Gasteiger partial charge in [-0.3, -0.25) is 0 Å². The lowest BCUT2D eigenvalue weighted by Crippen LogP contribution is -2.69. The van der Waals surface area contributed by atoms with Crippen LogP contribution >= 0.6 is 0 Å². The standard InChI is InChI=1S/C29H58N2O/c1-4-6-16-24(3)22-27(32)23-28(21-7-5-2,25-17-12-8-9-13-18-25)29(30,31)26-19-14-10-11-15-20-26/h24-27,32H,4-23,30-31H2,1-3H3. The van der Waals surface area contributed by atoms with Gasteiger partial charge in [-0.1, -0.05) is 104 Å². The van der Waals surface area contributed by atoms with Crippen LogP contribution in [0.25, 0.3) is 0 Å². The van der Waals surface area contributed by atoms with Crippen molar-refractivity contribution in [2.75, 3.05) is 0 Å². The Bertz CT molecular complexity index is 478. The third kappa shape index (κ3) is 7.70. The molecule has 0 aromatic rings. The fraction of sp³-hybridized carbons (Fsp3) is 1.00. The maximum absolute atomic E-state index is 11.5. The molecule has 0 bridgehead atoms. The van der Waals surface area contributed by atoms with Crippen LogP contribution in [0.15, 0.2) is 0 Å². The normalized spacial score (nSPS) is 23.8. The second kappa shape index (κ2) is 14.3. The van der Waals surface area contributed by atoms with Gasteiger partial charge in [0.05, 0.1) is 11.8 Å². The highest BCUT2D eigenvalue weighted by Crippen LogP contribution is 2.53. The van der Waals surface area contributed by atoms with Crippen molar-refractivity contribution in [2.45, 2.75) is 161 Å². The van der Waals surface area contributed by atoms with E-state index in [0.717, 1.165) is 19.3 Å². The minimum Gasteiger partial charge on any atom is -0.393 e. The lowest BCUT2D eigenvalue weighted by atomic mass is 9.55. The highest BCUT2D eigenvalue weighted by atomic mass is 16.3. The summed E-state index contributed by atoms with van der Waals surface area (Å²) in [6.45, 7) is 6.87. The molecule has 0 heterocycles. The number of hydrogen-bond donors (Lipinski definition) is 3. The van der Waals surface area contributed by atoms with E-state index in [1.54, 1.807) is 0 Å². The zero-order valence-electron chi connectivity index (χ0n) is 22.1. The molecule has 190 valence electrons. The van der Waals surface area contributed by atoms with Crippen molar-refractivity contribution in [3.63, 3.8) is 0 Å². The summed E-state index contributed by atoms with van der Waals surface area (Å²) in [5, 5.41) is 11.5. The van der Waals surface area contributed by atoms with Crippen LogP contribution in [0.5, 0.6) is 0 Å². The summed E-state index contributed by atoms with van der Waals surface area (Å²) in [6, 6.07) is 0. The number of rotatable bonds is 13. The van der Waals surface area contributed by atoms with E-state index in [1.165, 1.54) is 109 Å². The van der Waals surface area contributed by atoms with Gasteiger partial charge >= 0.3 is 0 Å². The molecule has 2 fully saturated rings. The second-order valence-corrected chi connectivity index (χ2v) is 11.9. The molecule has 0 spiro atoms. The van der Waals surface area contributed by atoms with Gasteiger partial charge in [0.2, 0.25) is 0 Å². The Labute approximate surface area is 200 Å². The molecule has 0 amide bonds. The van der Waals surface area contributed by atoms with Crippen molar-refractivity contribution in [3.05, 3.63) is 0 Å². The van der Waals surface area contributed by atoms with E-state index < -0.39 is 5.66 Å². The average molecular weight is 451 g/mol. The lowest BCUT2D eigenvalue weighted by Gasteiger charge is -2.56. The van der Waals surface area contributed by atoms with Crippen LogP contribution < -0.4 is 11.5 Å². The summed E-state index contributed by atoms with van der Waals surface area (Å²) in [7, 11) is 0. The average Bonchev–Trinajstić information content (AvgIpc) is 3.21. The predicted molar refractivity (Wildman–Crippen MR) is 139 cm³/mol. The van der Waals surface area contributed by atoms with Crippen molar-refractivity contribution >= 4 is 0 Å². The summed E-state index contributed by atoms with van der Waals surface area (Å²) in [4.78, 5) is 0. The van der Waals surface area contributed by atoms with Crippen molar-refractivity contribution in [2.24, 2.45) is 34.6 Å². The highest BCUT2D eigenvalue weighted by molar-refractivity contribution is 5.07. The van der Waals surface area contributed by atoms with Gasteiger partial charge in [0.25, 0.3) is 0 Å². The van der Waals surface area contributed by atoms with Crippen LogP contribution in [0.2, 0.25) is 0 Å². The van der Waals surface area contributed by atoms with Gasteiger partial charge < -0.3 is 16.6 Å². The number of nitrogens with two attached hydrogens (primary N) is 2. The molecule has 3 heteroatoms. The first-order chi connectivity index (χ1) is 15.4. The van der Waals surface area contributed by atoms with Crippen molar-refractivity contribution < 1.29 is 5.11 Å². The van der Waals surface area contributed by atoms with E-state index in [9.17, 15) is 5.11 Å². The van der Waals surface area contributed by atoms with E-state index in [1.807, 2.05) is 0 Å². The quantitative estimate of drug-likeness (QED) is 0.199. The first-order valence-corrected chi connectivity index (χ1v) is 14.6. The van der Waals surface area contributed by atoms with Gasteiger partial charge in [-0.05, 0) is 62.7 Å². The Morgan fingerprint density at radius 1 is 0.781 bits per heavy atom. The van der Waals surface area contributed by atoms with Crippen LogP contribution in [0.4, 0.5) is 0 Å². The molecular formula is C29H58N2O. The molecular weight excluding hydrogens is 392 g/mol. The number of aliphatic hydroxyl groups is 1. The highest BCUT2D eigenvalue weighted by Gasteiger charge is 2.54. The molecule has 32 heavy (non-hydrogen) atoms. The Morgan fingerprint density at radius 3 is 1.78 bits per heavy atom. The fourth-order valence-electron chi connectivity index (χ4n) is 7.35. The van der Waals surface area contributed by atoms with Crippen LogP contribution in [0, 0.1) is 23.2 Å². The van der Waals surface area contributed by atoms with Crippen molar-refractivity contribution in [1.82, 2.24) is 0 Å². The molecule has 5 N–H and O–H groups in total. The maximum atomic E-state index is 11.5. The Morgan fingerprint density at radius 2 is 1.28 bits per heavy atom. The van der Waals surface area contributed by atoms with Crippen molar-refractivity contribution in [1.29, 1.82) is 0 Å². The molecule has 3 nitrogen and oxygen atoms in total. The van der Waals surface area contributed by atoms with Gasteiger partial charge in [-0.25, -0.2) is 0 Å². The molecule has 0 aliphatic heterocycles. The SMILES string of the molecule is CCCCC(C)CC(O)CC(CCCC)(C1CCCCCC1)C(N)(N)C1CCCCCC1. The van der Waals surface area contributed by atoms with Crippen LogP contribution in [0.3, 0.4) is 0 Å². The molecule has 0 radical (unpaired) electrons. The smallest absolute Gasteiger partial charge is 0.0727 e. The molecule has 0 aromatic heterocycles. The van der Waals surface area contributed by atoms with Crippen LogP contribution in [-0.4, -0.2) is 16.9 Å². The summed E-state index contributed by atoms with van der Waals surface area (Å²) in [5.41, 5.74) is 14.0. The number of aliphatic hydroxyl groups excluding tert-OH is 1. The van der Waals surface area contributed by atoms with E-state index in [0.29, 0.717) is 17.8 Å². The van der Waals surface area contributed by atoms with Crippen molar-refractivity contribution in [3.8, 4) is 0 Å². The largest absolute Gasteiger partial charge is 0.393 e. The van der Waals surface area contributed by atoms with Crippen LogP contribution in [-0.2, 0) is 0 Å². The molecule has 0 aromatic carbocycles. The van der Waals surface area contributed by atoms with Crippen LogP contribution in [0.1, 0.15) is 149 Å². The first kappa shape index (κ1) is 28.1. The van der Waals surface area contributed by atoms with E-state index in [-0.39, 0.29) is 11.5 Å².